The predicted octanol–water partition coefficient (Wildman–Crippen LogP) is 1.52. The Morgan fingerprint density at radius 3 is 2.44 bits per heavy atom. The predicted molar refractivity (Wildman–Crippen MR) is 65.5 cm³/mol. The van der Waals surface area contributed by atoms with Gasteiger partial charge in [0, 0.05) is 5.56 Å². The highest BCUT2D eigenvalue weighted by atomic mass is 16.5. The molecule has 0 bridgehead atoms. The van der Waals surface area contributed by atoms with Gasteiger partial charge in [-0.2, -0.15) is 4.98 Å². The second kappa shape index (κ2) is 5.05. The average molecular weight is 249 g/mol. The SMILES string of the molecule is COc1ccc(OC)c(-c2noc(CN)n2)c1C. The zero-order valence-corrected chi connectivity index (χ0v) is 10.6. The monoisotopic (exact) mass is 249 g/mol. The highest BCUT2D eigenvalue weighted by Gasteiger charge is 2.18. The molecule has 0 saturated carbocycles. The molecule has 2 rings (SSSR count). The lowest BCUT2D eigenvalue weighted by molar-refractivity contribution is 0.379. The molecule has 1 aromatic carbocycles. The zero-order chi connectivity index (χ0) is 13.1. The third-order valence-corrected chi connectivity index (χ3v) is 2.68. The highest BCUT2D eigenvalue weighted by molar-refractivity contribution is 5.71. The van der Waals surface area contributed by atoms with Crippen molar-refractivity contribution in [1.82, 2.24) is 10.1 Å². The molecule has 0 atom stereocenters. The lowest BCUT2D eigenvalue weighted by Gasteiger charge is -2.11. The van der Waals surface area contributed by atoms with Crippen molar-refractivity contribution in [2.75, 3.05) is 14.2 Å². The lowest BCUT2D eigenvalue weighted by Crippen LogP contribution is -1.98. The molecule has 96 valence electrons. The molecule has 0 spiro atoms. The Kier molecular flexibility index (Phi) is 3.47. The normalized spacial score (nSPS) is 10.4. The molecule has 0 aliphatic rings. The van der Waals surface area contributed by atoms with Crippen LogP contribution in [-0.2, 0) is 6.54 Å². The minimum Gasteiger partial charge on any atom is -0.496 e. The van der Waals surface area contributed by atoms with Crippen molar-refractivity contribution in [3.8, 4) is 22.9 Å². The van der Waals surface area contributed by atoms with Crippen LogP contribution in [0.3, 0.4) is 0 Å². The van der Waals surface area contributed by atoms with E-state index >= 15 is 0 Å². The van der Waals surface area contributed by atoms with Crippen LogP contribution in [0.2, 0.25) is 0 Å². The van der Waals surface area contributed by atoms with Crippen LogP contribution >= 0.6 is 0 Å². The molecule has 2 N–H and O–H groups in total. The van der Waals surface area contributed by atoms with Gasteiger partial charge in [0.05, 0.1) is 26.3 Å². The summed E-state index contributed by atoms with van der Waals surface area (Å²) in [5.41, 5.74) is 7.09. The zero-order valence-electron chi connectivity index (χ0n) is 10.6. The van der Waals surface area contributed by atoms with Gasteiger partial charge in [0.25, 0.3) is 0 Å². The molecule has 18 heavy (non-hydrogen) atoms. The quantitative estimate of drug-likeness (QED) is 0.884. The number of nitrogens with zero attached hydrogens (tertiary/aromatic N) is 2. The van der Waals surface area contributed by atoms with Gasteiger partial charge in [-0.25, -0.2) is 0 Å². The Labute approximate surface area is 105 Å². The summed E-state index contributed by atoms with van der Waals surface area (Å²) in [6, 6.07) is 3.64. The van der Waals surface area contributed by atoms with Gasteiger partial charge in [-0.1, -0.05) is 5.16 Å². The van der Waals surface area contributed by atoms with Crippen LogP contribution in [-0.4, -0.2) is 24.4 Å². The number of methoxy groups -OCH3 is 2. The molecule has 6 heteroatoms. The number of hydrogen-bond donors (Lipinski definition) is 1. The molecule has 6 nitrogen and oxygen atoms in total. The first-order valence-corrected chi connectivity index (χ1v) is 5.45. The lowest BCUT2D eigenvalue weighted by atomic mass is 10.1. The van der Waals surface area contributed by atoms with E-state index in [0.29, 0.717) is 17.5 Å². The Hall–Kier alpha value is -2.08. The van der Waals surface area contributed by atoms with Crippen molar-refractivity contribution in [3.05, 3.63) is 23.6 Å². The smallest absolute Gasteiger partial charge is 0.240 e. The number of benzene rings is 1. The molecule has 0 aliphatic carbocycles. The minimum atomic E-state index is 0.207. The molecule has 1 aromatic heterocycles. The van der Waals surface area contributed by atoms with Crippen LogP contribution in [0.5, 0.6) is 11.5 Å². The van der Waals surface area contributed by atoms with Gasteiger partial charge in [-0.15, -0.1) is 0 Å². The first-order valence-electron chi connectivity index (χ1n) is 5.45. The number of ether oxygens (including phenoxy) is 2. The molecule has 1 heterocycles. The number of aromatic nitrogens is 2. The van der Waals surface area contributed by atoms with Crippen LogP contribution in [0.15, 0.2) is 16.7 Å². The summed E-state index contributed by atoms with van der Waals surface area (Å²) in [4.78, 5) is 4.21. The van der Waals surface area contributed by atoms with Crippen LogP contribution in [0.1, 0.15) is 11.5 Å². The molecule has 0 radical (unpaired) electrons. The molecule has 0 amide bonds. The Balaban J connectivity index is 2.59. The molecule has 0 unspecified atom stereocenters. The summed E-state index contributed by atoms with van der Waals surface area (Å²) in [7, 11) is 3.20. The molecular formula is C12H15N3O3. The molecule has 0 saturated heterocycles. The fourth-order valence-corrected chi connectivity index (χ4v) is 1.78. The topological polar surface area (TPSA) is 83.4 Å². The Morgan fingerprint density at radius 2 is 1.89 bits per heavy atom. The fourth-order valence-electron chi connectivity index (χ4n) is 1.78. The summed E-state index contributed by atoms with van der Waals surface area (Å²) in [5.74, 6) is 2.24. The van der Waals surface area contributed by atoms with E-state index in [1.807, 2.05) is 13.0 Å². The number of rotatable bonds is 4. The van der Waals surface area contributed by atoms with E-state index < -0.39 is 0 Å². The van der Waals surface area contributed by atoms with Gasteiger partial charge in [0.2, 0.25) is 11.7 Å². The standard InChI is InChI=1S/C12H15N3O3/c1-7-8(16-2)4-5-9(17-3)11(7)12-14-10(6-13)18-15-12/h4-5H,6,13H2,1-3H3. The van der Waals surface area contributed by atoms with Crippen molar-refractivity contribution in [3.63, 3.8) is 0 Å². The second-order valence-corrected chi connectivity index (χ2v) is 3.69. The van der Waals surface area contributed by atoms with E-state index in [2.05, 4.69) is 10.1 Å². The average Bonchev–Trinajstić information content (AvgIpc) is 2.86. The first kappa shape index (κ1) is 12.4. The van der Waals surface area contributed by atoms with Gasteiger partial charge in [0.15, 0.2) is 0 Å². The number of nitrogens with two attached hydrogens (primary N) is 1. The van der Waals surface area contributed by atoms with E-state index in [-0.39, 0.29) is 6.54 Å². The second-order valence-electron chi connectivity index (χ2n) is 3.69. The summed E-state index contributed by atoms with van der Waals surface area (Å²) in [6.45, 7) is 2.12. The maximum Gasteiger partial charge on any atom is 0.240 e. The maximum atomic E-state index is 5.45. The first-order chi connectivity index (χ1) is 8.71. The van der Waals surface area contributed by atoms with Crippen LogP contribution < -0.4 is 15.2 Å². The Bertz CT molecular complexity index is 551. The van der Waals surface area contributed by atoms with Crippen molar-refractivity contribution < 1.29 is 14.0 Å². The molecular weight excluding hydrogens is 234 g/mol. The van der Waals surface area contributed by atoms with Gasteiger partial charge < -0.3 is 19.7 Å². The van der Waals surface area contributed by atoms with Crippen molar-refractivity contribution in [2.24, 2.45) is 5.73 Å². The van der Waals surface area contributed by atoms with Crippen LogP contribution in [0.4, 0.5) is 0 Å². The third kappa shape index (κ3) is 2.02. The molecule has 2 aromatic rings. The van der Waals surface area contributed by atoms with E-state index in [1.165, 1.54) is 0 Å². The summed E-state index contributed by atoms with van der Waals surface area (Å²) in [5, 5.41) is 3.90. The van der Waals surface area contributed by atoms with Crippen molar-refractivity contribution in [2.45, 2.75) is 13.5 Å². The maximum absolute atomic E-state index is 5.45. The van der Waals surface area contributed by atoms with Crippen molar-refractivity contribution in [1.29, 1.82) is 0 Å². The van der Waals surface area contributed by atoms with Gasteiger partial charge in [-0.05, 0) is 19.1 Å². The van der Waals surface area contributed by atoms with E-state index in [0.717, 1.165) is 16.9 Å². The van der Waals surface area contributed by atoms with Gasteiger partial charge in [-0.3, -0.25) is 0 Å². The van der Waals surface area contributed by atoms with E-state index in [1.54, 1.807) is 20.3 Å². The highest BCUT2D eigenvalue weighted by Crippen LogP contribution is 2.36. The number of hydrogen-bond acceptors (Lipinski definition) is 6. The van der Waals surface area contributed by atoms with Crippen LogP contribution in [0.25, 0.3) is 11.4 Å². The van der Waals surface area contributed by atoms with Crippen molar-refractivity contribution >= 4 is 0 Å². The van der Waals surface area contributed by atoms with Gasteiger partial charge >= 0.3 is 0 Å². The summed E-state index contributed by atoms with van der Waals surface area (Å²) < 4.78 is 15.6. The van der Waals surface area contributed by atoms with Gasteiger partial charge in [0.1, 0.15) is 11.5 Å². The third-order valence-electron chi connectivity index (χ3n) is 2.68. The largest absolute Gasteiger partial charge is 0.496 e. The molecule has 0 aliphatic heterocycles. The fraction of sp³-hybridized carbons (Fsp3) is 0.333. The minimum absolute atomic E-state index is 0.207. The summed E-state index contributed by atoms with van der Waals surface area (Å²) >= 11 is 0. The molecule has 0 fully saturated rings. The Morgan fingerprint density at radius 1 is 1.22 bits per heavy atom. The van der Waals surface area contributed by atoms with E-state index in [9.17, 15) is 0 Å². The van der Waals surface area contributed by atoms with E-state index in [4.69, 9.17) is 19.7 Å². The summed E-state index contributed by atoms with van der Waals surface area (Å²) in [6.07, 6.45) is 0. The van der Waals surface area contributed by atoms with Crippen LogP contribution in [0, 0.1) is 6.92 Å².